The standard InChI is InChI=1S/C26H32N4O2/c1-3-9-22(10-4-1)17-29-15-7-13-26(20-29)14-8-16-30(21-26)18-25-27-24(28-32-25)19-31-23-11-5-2-6-12-23/h1-6,9-12H,7-8,13-21H2/t26-/m1/s1. The fourth-order valence-electron chi connectivity index (χ4n) is 5.33. The van der Waals surface area contributed by atoms with Gasteiger partial charge in [-0.25, -0.2) is 0 Å². The summed E-state index contributed by atoms with van der Waals surface area (Å²) in [4.78, 5) is 9.72. The maximum Gasteiger partial charge on any atom is 0.240 e. The Bertz CT molecular complexity index is 974. The van der Waals surface area contributed by atoms with Crippen molar-refractivity contribution in [3.8, 4) is 5.75 Å². The molecule has 1 aromatic heterocycles. The number of nitrogens with zero attached hydrogens (tertiary/aromatic N) is 4. The maximum absolute atomic E-state index is 5.74. The van der Waals surface area contributed by atoms with Crippen LogP contribution in [0.5, 0.6) is 5.75 Å². The van der Waals surface area contributed by atoms with Gasteiger partial charge in [-0.05, 0) is 61.9 Å². The molecule has 2 aromatic carbocycles. The van der Waals surface area contributed by atoms with Crippen LogP contribution in [0.25, 0.3) is 0 Å². The highest BCUT2D eigenvalue weighted by molar-refractivity contribution is 5.21. The Hall–Kier alpha value is -2.70. The van der Waals surface area contributed by atoms with Crippen LogP contribution in [0.15, 0.2) is 65.2 Å². The highest BCUT2D eigenvalue weighted by atomic mass is 16.5. The summed E-state index contributed by atoms with van der Waals surface area (Å²) in [6.07, 6.45) is 5.14. The average Bonchev–Trinajstić information content (AvgIpc) is 3.26. The summed E-state index contributed by atoms with van der Waals surface area (Å²) in [5.74, 6) is 2.10. The number of rotatable bonds is 7. The van der Waals surface area contributed by atoms with E-state index < -0.39 is 0 Å². The van der Waals surface area contributed by atoms with Crippen LogP contribution in [0.2, 0.25) is 0 Å². The normalized spacial score (nSPS) is 22.2. The van der Waals surface area contributed by atoms with Gasteiger partial charge in [0, 0.05) is 19.6 Å². The molecule has 0 N–H and O–H groups in total. The third kappa shape index (κ3) is 5.37. The number of benzene rings is 2. The minimum atomic E-state index is 0.325. The monoisotopic (exact) mass is 432 g/mol. The lowest BCUT2D eigenvalue weighted by Gasteiger charge is -2.48. The maximum atomic E-state index is 5.74. The lowest BCUT2D eigenvalue weighted by molar-refractivity contribution is 0.00462. The number of para-hydroxylation sites is 1. The van der Waals surface area contributed by atoms with Crippen molar-refractivity contribution in [2.24, 2.45) is 5.41 Å². The van der Waals surface area contributed by atoms with Crippen molar-refractivity contribution >= 4 is 0 Å². The minimum Gasteiger partial charge on any atom is -0.485 e. The van der Waals surface area contributed by atoms with Crippen LogP contribution in [-0.2, 0) is 19.7 Å². The molecule has 0 bridgehead atoms. The van der Waals surface area contributed by atoms with Crippen molar-refractivity contribution in [3.05, 3.63) is 77.9 Å². The molecule has 1 spiro atoms. The van der Waals surface area contributed by atoms with E-state index in [-0.39, 0.29) is 0 Å². The van der Waals surface area contributed by atoms with Gasteiger partial charge in [-0.15, -0.1) is 0 Å². The van der Waals surface area contributed by atoms with E-state index in [0.717, 1.165) is 31.9 Å². The Morgan fingerprint density at radius 2 is 1.50 bits per heavy atom. The van der Waals surface area contributed by atoms with E-state index in [2.05, 4.69) is 50.3 Å². The summed E-state index contributed by atoms with van der Waals surface area (Å²) < 4.78 is 11.3. The lowest BCUT2D eigenvalue weighted by atomic mass is 9.73. The number of aromatic nitrogens is 2. The first-order chi connectivity index (χ1) is 15.8. The molecule has 32 heavy (non-hydrogen) atoms. The second-order valence-corrected chi connectivity index (χ2v) is 9.32. The molecule has 0 saturated carbocycles. The molecule has 168 valence electrons. The van der Waals surface area contributed by atoms with Gasteiger partial charge < -0.3 is 9.26 Å². The first-order valence-electron chi connectivity index (χ1n) is 11.7. The topological polar surface area (TPSA) is 54.6 Å². The van der Waals surface area contributed by atoms with Crippen molar-refractivity contribution in [1.29, 1.82) is 0 Å². The fourth-order valence-corrected chi connectivity index (χ4v) is 5.33. The van der Waals surface area contributed by atoms with Crippen molar-refractivity contribution in [2.75, 3.05) is 26.2 Å². The molecule has 0 unspecified atom stereocenters. The van der Waals surface area contributed by atoms with Crippen LogP contribution in [-0.4, -0.2) is 46.1 Å². The molecule has 2 fully saturated rings. The molecule has 3 heterocycles. The molecular weight excluding hydrogens is 400 g/mol. The Labute approximate surface area is 190 Å². The highest BCUT2D eigenvalue weighted by Crippen LogP contribution is 2.39. The largest absolute Gasteiger partial charge is 0.485 e. The van der Waals surface area contributed by atoms with Crippen LogP contribution in [0.3, 0.4) is 0 Å². The molecule has 2 aliphatic heterocycles. The number of ether oxygens (including phenoxy) is 1. The van der Waals surface area contributed by atoms with Gasteiger partial charge in [-0.3, -0.25) is 9.80 Å². The molecule has 2 aliphatic rings. The summed E-state index contributed by atoms with van der Waals surface area (Å²) in [6.45, 7) is 6.68. The predicted octanol–water partition coefficient (Wildman–Crippen LogP) is 4.53. The summed E-state index contributed by atoms with van der Waals surface area (Å²) >= 11 is 0. The van der Waals surface area contributed by atoms with Crippen molar-refractivity contribution in [3.63, 3.8) is 0 Å². The minimum absolute atomic E-state index is 0.325. The Kier molecular flexibility index (Phi) is 6.51. The summed E-state index contributed by atoms with van der Waals surface area (Å²) in [7, 11) is 0. The molecule has 1 atom stereocenters. The average molecular weight is 433 g/mol. The first-order valence-corrected chi connectivity index (χ1v) is 11.7. The van der Waals surface area contributed by atoms with Gasteiger partial charge in [0.2, 0.25) is 11.7 Å². The molecule has 6 nitrogen and oxygen atoms in total. The zero-order valence-electron chi connectivity index (χ0n) is 18.7. The van der Waals surface area contributed by atoms with E-state index in [1.54, 1.807) is 0 Å². The molecule has 3 aromatic rings. The van der Waals surface area contributed by atoms with E-state index >= 15 is 0 Å². The van der Waals surface area contributed by atoms with Gasteiger partial charge >= 0.3 is 0 Å². The molecule has 0 amide bonds. The summed E-state index contributed by atoms with van der Waals surface area (Å²) in [6, 6.07) is 20.6. The highest BCUT2D eigenvalue weighted by Gasteiger charge is 2.39. The first kappa shape index (κ1) is 21.2. The van der Waals surface area contributed by atoms with E-state index in [9.17, 15) is 0 Å². The Morgan fingerprint density at radius 1 is 0.844 bits per heavy atom. The van der Waals surface area contributed by atoms with Gasteiger partial charge in [0.05, 0.1) is 6.54 Å². The predicted molar refractivity (Wildman–Crippen MR) is 123 cm³/mol. The van der Waals surface area contributed by atoms with Gasteiger partial charge in [0.1, 0.15) is 5.75 Å². The molecular formula is C26H32N4O2. The van der Waals surface area contributed by atoms with Crippen LogP contribution >= 0.6 is 0 Å². The molecule has 2 saturated heterocycles. The number of hydrogen-bond acceptors (Lipinski definition) is 6. The quantitative estimate of drug-likeness (QED) is 0.547. The number of likely N-dealkylation sites (tertiary alicyclic amines) is 2. The van der Waals surface area contributed by atoms with E-state index in [0.29, 0.717) is 23.7 Å². The Balaban J connectivity index is 1.16. The smallest absolute Gasteiger partial charge is 0.240 e. The SMILES string of the molecule is c1ccc(CN2CCC[C@@]3(CCCN(Cc4nc(COc5ccccc5)no4)C3)C2)cc1. The van der Waals surface area contributed by atoms with Crippen molar-refractivity contribution in [2.45, 2.75) is 45.4 Å². The van der Waals surface area contributed by atoms with Crippen molar-refractivity contribution in [1.82, 2.24) is 19.9 Å². The van der Waals surface area contributed by atoms with Crippen LogP contribution in [0.1, 0.15) is 43.0 Å². The van der Waals surface area contributed by atoms with Gasteiger partial charge in [-0.2, -0.15) is 4.98 Å². The third-order valence-corrected chi connectivity index (χ3v) is 6.71. The van der Waals surface area contributed by atoms with E-state index in [4.69, 9.17) is 9.26 Å². The van der Waals surface area contributed by atoms with Crippen LogP contribution in [0.4, 0.5) is 0 Å². The summed E-state index contributed by atoms with van der Waals surface area (Å²) in [5.41, 5.74) is 1.79. The second kappa shape index (κ2) is 9.84. The lowest BCUT2D eigenvalue weighted by Crippen LogP contribution is -2.51. The summed E-state index contributed by atoms with van der Waals surface area (Å²) in [5, 5.41) is 4.11. The van der Waals surface area contributed by atoms with Gasteiger partial charge in [0.25, 0.3) is 0 Å². The zero-order valence-corrected chi connectivity index (χ0v) is 18.7. The van der Waals surface area contributed by atoms with E-state index in [1.165, 1.54) is 44.3 Å². The molecule has 0 radical (unpaired) electrons. The number of piperidine rings is 2. The zero-order chi connectivity index (χ0) is 21.6. The second-order valence-electron chi connectivity index (χ2n) is 9.32. The van der Waals surface area contributed by atoms with Gasteiger partial charge in [-0.1, -0.05) is 53.7 Å². The van der Waals surface area contributed by atoms with E-state index in [1.807, 2.05) is 30.3 Å². The van der Waals surface area contributed by atoms with Crippen molar-refractivity contribution < 1.29 is 9.26 Å². The molecule has 6 heteroatoms. The molecule has 0 aliphatic carbocycles. The fraction of sp³-hybridized carbons (Fsp3) is 0.462. The third-order valence-electron chi connectivity index (χ3n) is 6.71. The Morgan fingerprint density at radius 3 is 2.22 bits per heavy atom. The number of hydrogen-bond donors (Lipinski definition) is 0. The van der Waals surface area contributed by atoms with Gasteiger partial charge in [0.15, 0.2) is 6.61 Å². The molecule has 5 rings (SSSR count). The van der Waals surface area contributed by atoms with Crippen LogP contribution in [0, 0.1) is 5.41 Å². The van der Waals surface area contributed by atoms with Crippen LogP contribution < -0.4 is 4.74 Å².